The summed E-state index contributed by atoms with van der Waals surface area (Å²) in [4.78, 5) is 26.9. The van der Waals surface area contributed by atoms with Gasteiger partial charge in [0, 0.05) is 18.8 Å². The topological polar surface area (TPSA) is 101 Å². The summed E-state index contributed by atoms with van der Waals surface area (Å²) in [6, 6.07) is 14.9. The molecule has 1 unspecified atom stereocenters. The molecule has 160 valence electrons. The molecule has 2 aromatic carbocycles. The zero-order valence-electron chi connectivity index (χ0n) is 16.9. The lowest BCUT2D eigenvalue weighted by atomic mass is 10.0. The summed E-state index contributed by atoms with van der Waals surface area (Å²) in [6.45, 7) is 2.00. The van der Waals surface area contributed by atoms with Crippen LogP contribution in [0.3, 0.4) is 0 Å². The number of nitrogens with zero attached hydrogens (tertiary/aromatic N) is 3. The van der Waals surface area contributed by atoms with E-state index in [9.17, 15) is 13.2 Å². The van der Waals surface area contributed by atoms with Gasteiger partial charge in [-0.15, -0.1) is 0 Å². The second-order valence-electron chi connectivity index (χ2n) is 7.27. The summed E-state index contributed by atoms with van der Waals surface area (Å²) in [5.41, 5.74) is 5.36. The molecular weight excluding hydrogens is 416 g/mol. The van der Waals surface area contributed by atoms with E-state index < -0.39 is 22.0 Å². The fraction of sp³-hybridized carbons (Fsp3) is 0.227. The highest BCUT2D eigenvalue weighted by Gasteiger charge is 2.40. The molecule has 3 aromatic rings. The van der Waals surface area contributed by atoms with Crippen LogP contribution in [0.1, 0.15) is 22.5 Å². The lowest BCUT2D eigenvalue weighted by Gasteiger charge is -2.33. The van der Waals surface area contributed by atoms with Crippen LogP contribution in [0.5, 0.6) is 0 Å². The summed E-state index contributed by atoms with van der Waals surface area (Å²) in [7, 11) is -3.94. The van der Waals surface area contributed by atoms with Crippen LogP contribution in [0.4, 0.5) is 0 Å². The zero-order chi connectivity index (χ0) is 21.8. The third kappa shape index (κ3) is 4.63. The average Bonchev–Trinajstić information content (AvgIpc) is 2.79. The van der Waals surface area contributed by atoms with Crippen LogP contribution in [0.15, 0.2) is 71.9 Å². The highest BCUT2D eigenvalue weighted by molar-refractivity contribution is 7.89. The van der Waals surface area contributed by atoms with Crippen molar-refractivity contribution in [1.82, 2.24) is 19.8 Å². The quantitative estimate of drug-likeness (QED) is 0.592. The molecule has 0 bridgehead atoms. The number of nitrogens with one attached hydrogen (secondary N) is 1. The minimum absolute atomic E-state index is 0.0455. The van der Waals surface area contributed by atoms with Crippen molar-refractivity contribution >= 4 is 15.9 Å². The van der Waals surface area contributed by atoms with Gasteiger partial charge in [0.25, 0.3) is 5.91 Å². The van der Waals surface area contributed by atoms with Gasteiger partial charge in [0.1, 0.15) is 6.04 Å². The molecule has 1 atom stereocenters. The number of hydrogen-bond donors (Lipinski definition) is 1. The number of aryl methyl sites for hydroxylation is 1. The van der Waals surface area contributed by atoms with Crippen LogP contribution in [-0.4, -0.2) is 34.6 Å². The molecule has 1 aliphatic heterocycles. The number of benzene rings is 2. The van der Waals surface area contributed by atoms with Crippen LogP contribution in [0.25, 0.3) is 0 Å². The fourth-order valence-corrected chi connectivity index (χ4v) is 4.94. The molecule has 8 nitrogen and oxygen atoms in total. The van der Waals surface area contributed by atoms with Crippen LogP contribution in [0.2, 0.25) is 0 Å². The lowest BCUT2D eigenvalue weighted by molar-refractivity contribution is -0.139. The van der Waals surface area contributed by atoms with Crippen LogP contribution in [0, 0.1) is 6.92 Å². The molecule has 1 aliphatic rings. The van der Waals surface area contributed by atoms with Crippen molar-refractivity contribution in [2.75, 3.05) is 0 Å². The van der Waals surface area contributed by atoms with Gasteiger partial charge in [-0.2, -0.15) is 4.31 Å². The summed E-state index contributed by atoms with van der Waals surface area (Å²) >= 11 is 0. The first-order valence-corrected chi connectivity index (χ1v) is 11.2. The SMILES string of the molecule is Cc1ccc(S(=O)(=O)N2Cc3nccnc3CC2C(=O)NOCc2ccccc2)cc1. The molecule has 0 radical (unpaired) electrons. The summed E-state index contributed by atoms with van der Waals surface area (Å²) in [5.74, 6) is -0.553. The second kappa shape index (κ2) is 8.93. The van der Waals surface area contributed by atoms with Gasteiger partial charge in [-0.3, -0.25) is 19.6 Å². The van der Waals surface area contributed by atoms with Gasteiger partial charge in [-0.1, -0.05) is 48.0 Å². The fourth-order valence-electron chi connectivity index (χ4n) is 3.40. The predicted molar refractivity (Wildman–Crippen MR) is 113 cm³/mol. The van der Waals surface area contributed by atoms with E-state index in [1.165, 1.54) is 24.5 Å². The Morgan fingerprint density at radius 2 is 1.74 bits per heavy atom. The minimum Gasteiger partial charge on any atom is -0.271 e. The number of aromatic nitrogens is 2. The van der Waals surface area contributed by atoms with Crippen molar-refractivity contribution in [2.24, 2.45) is 0 Å². The van der Waals surface area contributed by atoms with E-state index in [0.717, 1.165) is 15.4 Å². The maximum absolute atomic E-state index is 13.4. The Morgan fingerprint density at radius 3 is 2.45 bits per heavy atom. The largest absolute Gasteiger partial charge is 0.271 e. The molecular formula is C22H22N4O4S. The van der Waals surface area contributed by atoms with Gasteiger partial charge in [0.2, 0.25) is 10.0 Å². The molecule has 1 N–H and O–H groups in total. The Morgan fingerprint density at radius 1 is 1.06 bits per heavy atom. The summed E-state index contributed by atoms with van der Waals surface area (Å²) in [5, 5.41) is 0. The monoisotopic (exact) mass is 438 g/mol. The third-order valence-corrected chi connectivity index (χ3v) is 6.95. The highest BCUT2D eigenvalue weighted by atomic mass is 32.2. The van der Waals surface area contributed by atoms with Gasteiger partial charge in [0.15, 0.2) is 0 Å². The average molecular weight is 439 g/mol. The smallest absolute Gasteiger partial charge is 0.262 e. The maximum Gasteiger partial charge on any atom is 0.262 e. The van der Waals surface area contributed by atoms with Gasteiger partial charge in [0.05, 0.1) is 29.4 Å². The Bertz CT molecular complexity index is 1170. The number of carbonyl (C=O) groups excluding carboxylic acids is 1. The van der Waals surface area contributed by atoms with E-state index in [4.69, 9.17) is 4.84 Å². The molecule has 1 aromatic heterocycles. The molecule has 2 heterocycles. The minimum atomic E-state index is -3.94. The van der Waals surface area contributed by atoms with Crippen molar-refractivity contribution in [3.63, 3.8) is 0 Å². The maximum atomic E-state index is 13.4. The first-order valence-electron chi connectivity index (χ1n) is 9.78. The number of amides is 1. The number of hydroxylamine groups is 1. The molecule has 0 saturated heterocycles. The van der Waals surface area contributed by atoms with Crippen molar-refractivity contribution in [3.8, 4) is 0 Å². The first-order chi connectivity index (χ1) is 14.9. The van der Waals surface area contributed by atoms with Crippen molar-refractivity contribution in [1.29, 1.82) is 0 Å². The molecule has 0 saturated carbocycles. The van der Waals surface area contributed by atoms with Crippen molar-refractivity contribution < 1.29 is 18.0 Å². The van der Waals surface area contributed by atoms with Crippen molar-refractivity contribution in [3.05, 3.63) is 89.5 Å². The van der Waals surface area contributed by atoms with E-state index in [-0.39, 0.29) is 24.5 Å². The highest BCUT2D eigenvalue weighted by Crippen LogP contribution is 2.27. The van der Waals surface area contributed by atoms with E-state index in [2.05, 4.69) is 15.4 Å². The van der Waals surface area contributed by atoms with E-state index in [0.29, 0.717) is 11.4 Å². The Hall–Kier alpha value is -3.14. The number of sulfonamides is 1. The normalized spacial score (nSPS) is 16.5. The summed E-state index contributed by atoms with van der Waals surface area (Å²) in [6.07, 6.45) is 3.15. The van der Waals surface area contributed by atoms with Gasteiger partial charge in [-0.05, 0) is 24.6 Å². The molecule has 31 heavy (non-hydrogen) atoms. The van der Waals surface area contributed by atoms with Gasteiger partial charge in [-0.25, -0.2) is 13.9 Å². The van der Waals surface area contributed by atoms with Crippen LogP contribution in [-0.2, 0) is 39.2 Å². The number of fused-ring (bicyclic) bond motifs is 1. The van der Waals surface area contributed by atoms with Gasteiger partial charge < -0.3 is 0 Å². The standard InChI is InChI=1S/C22H22N4O4S/c1-16-7-9-18(10-8-16)31(28,29)26-14-20-19(23-11-12-24-20)13-21(26)22(27)25-30-15-17-5-3-2-4-6-17/h2-12,21H,13-15H2,1H3,(H,25,27). The molecule has 9 heteroatoms. The Kier molecular flexibility index (Phi) is 6.08. The second-order valence-corrected chi connectivity index (χ2v) is 9.16. The first kappa shape index (κ1) is 21.1. The third-order valence-electron chi connectivity index (χ3n) is 5.09. The van der Waals surface area contributed by atoms with E-state index in [1.54, 1.807) is 12.1 Å². The lowest BCUT2D eigenvalue weighted by Crippen LogP contribution is -2.52. The predicted octanol–water partition coefficient (Wildman–Crippen LogP) is 2.15. The molecule has 4 rings (SSSR count). The van der Waals surface area contributed by atoms with Crippen LogP contribution >= 0.6 is 0 Å². The van der Waals surface area contributed by atoms with Crippen LogP contribution < -0.4 is 5.48 Å². The number of hydrogen-bond acceptors (Lipinski definition) is 6. The van der Waals surface area contributed by atoms with E-state index >= 15 is 0 Å². The molecule has 0 aliphatic carbocycles. The number of carbonyl (C=O) groups is 1. The Balaban J connectivity index is 1.58. The van der Waals surface area contributed by atoms with E-state index in [1.807, 2.05) is 37.3 Å². The Labute approximate surface area is 180 Å². The van der Waals surface area contributed by atoms with Gasteiger partial charge >= 0.3 is 0 Å². The zero-order valence-corrected chi connectivity index (χ0v) is 17.7. The number of rotatable bonds is 6. The molecule has 0 fully saturated rings. The summed E-state index contributed by atoms with van der Waals surface area (Å²) < 4.78 is 27.9. The molecule has 1 amide bonds. The molecule has 0 spiro atoms. The van der Waals surface area contributed by atoms with Crippen molar-refractivity contribution in [2.45, 2.75) is 37.4 Å².